The number of anilines is 1. The highest BCUT2D eigenvalue weighted by atomic mass is 16.5. The molecule has 0 bridgehead atoms. The molecule has 2 aliphatic rings. The van der Waals surface area contributed by atoms with Crippen LogP contribution >= 0.6 is 0 Å². The van der Waals surface area contributed by atoms with Gasteiger partial charge in [-0.25, -0.2) is 15.0 Å². The van der Waals surface area contributed by atoms with Crippen molar-refractivity contribution in [1.29, 1.82) is 0 Å². The highest BCUT2D eigenvalue weighted by Gasteiger charge is 2.47. The molecule has 22 heavy (non-hydrogen) atoms. The molecule has 2 N–H and O–H groups in total. The van der Waals surface area contributed by atoms with Gasteiger partial charge in [0.2, 0.25) is 5.95 Å². The van der Waals surface area contributed by atoms with Gasteiger partial charge < -0.3 is 15.4 Å². The predicted octanol–water partition coefficient (Wildman–Crippen LogP) is 0.752. The molecule has 2 aliphatic heterocycles. The highest BCUT2D eigenvalue weighted by molar-refractivity contribution is 5.69. The van der Waals surface area contributed by atoms with E-state index in [4.69, 9.17) is 11.8 Å². The molecular weight excluding hydrogens is 280 g/mol. The van der Waals surface area contributed by atoms with Crippen LogP contribution in [0.25, 0.3) is 11.2 Å². The molecule has 7 heteroatoms. The first-order valence-corrected chi connectivity index (χ1v) is 7.66. The number of hydrogen-bond donors (Lipinski definition) is 1. The normalized spacial score (nSPS) is 28.3. The zero-order valence-corrected chi connectivity index (χ0v) is 12.6. The van der Waals surface area contributed by atoms with Crippen LogP contribution in [0.2, 0.25) is 0 Å². The number of nitrogens with zero attached hydrogens (tertiary/aromatic N) is 5. The minimum Gasteiger partial charge on any atom is -0.376 e. The van der Waals surface area contributed by atoms with Crippen LogP contribution < -0.4 is 10.6 Å². The summed E-state index contributed by atoms with van der Waals surface area (Å²) >= 11 is 0. The maximum atomic E-state index is 7.49. The smallest absolute Gasteiger partial charge is 0.227 e. The Morgan fingerprint density at radius 2 is 2.18 bits per heavy atom. The topological polar surface area (TPSA) is 90.0 Å². The lowest BCUT2D eigenvalue weighted by atomic mass is 9.73. The van der Waals surface area contributed by atoms with Gasteiger partial charge in [0.25, 0.3) is 0 Å². The van der Waals surface area contributed by atoms with Gasteiger partial charge in [0.05, 0.1) is 20.3 Å². The molecular formula is C15H20N6O. The number of rotatable bonds is 1. The van der Waals surface area contributed by atoms with Crippen molar-refractivity contribution in [1.82, 2.24) is 19.9 Å². The first-order valence-electron chi connectivity index (χ1n) is 8.16. The number of fused-ring (bicyclic) bond motifs is 1. The van der Waals surface area contributed by atoms with Crippen LogP contribution in [0.15, 0.2) is 18.6 Å². The highest BCUT2D eigenvalue weighted by Crippen LogP contribution is 2.41. The lowest BCUT2D eigenvalue weighted by molar-refractivity contribution is 0.0973. The molecule has 2 saturated heterocycles. The Balaban J connectivity index is 1.53. The van der Waals surface area contributed by atoms with E-state index in [-0.39, 0.29) is 23.7 Å². The van der Waals surface area contributed by atoms with Gasteiger partial charge in [0, 0.05) is 36.9 Å². The molecule has 4 heterocycles. The molecule has 0 radical (unpaired) electrons. The summed E-state index contributed by atoms with van der Waals surface area (Å²) in [5.74, 6) is 0.667. The summed E-state index contributed by atoms with van der Waals surface area (Å²) < 4.78 is 13.2. The average Bonchev–Trinajstić information content (AvgIpc) is 2.84. The average molecular weight is 301 g/mol. The number of nitrogens with two attached hydrogens (primary N) is 1. The fourth-order valence-corrected chi connectivity index (χ4v) is 3.50. The summed E-state index contributed by atoms with van der Waals surface area (Å²) in [5, 5.41) is 0. The fourth-order valence-electron chi connectivity index (χ4n) is 3.50. The molecule has 7 nitrogen and oxygen atoms in total. The molecule has 0 aliphatic carbocycles. The number of hydrogen-bond acceptors (Lipinski definition) is 7. The zero-order chi connectivity index (χ0) is 16.0. The SMILES string of the molecule is [2H]c1cnc2nc(N3CCC4(CC3)CO[C@@H](C)[C@H]4N)ncc2n1. The van der Waals surface area contributed by atoms with Crippen LogP contribution in [-0.4, -0.2) is 51.8 Å². The predicted molar refractivity (Wildman–Crippen MR) is 82.4 cm³/mol. The van der Waals surface area contributed by atoms with Gasteiger partial charge in [0.15, 0.2) is 5.65 Å². The van der Waals surface area contributed by atoms with Crippen LogP contribution in [0.1, 0.15) is 21.1 Å². The Morgan fingerprint density at radius 3 is 2.91 bits per heavy atom. The van der Waals surface area contributed by atoms with E-state index in [9.17, 15) is 0 Å². The van der Waals surface area contributed by atoms with Gasteiger partial charge in [-0.05, 0) is 19.8 Å². The minimum atomic E-state index is 0.0900. The molecule has 4 rings (SSSR count). The van der Waals surface area contributed by atoms with Gasteiger partial charge in [-0.2, -0.15) is 4.98 Å². The lowest BCUT2D eigenvalue weighted by Crippen LogP contribution is -2.50. The van der Waals surface area contributed by atoms with Crippen LogP contribution in [-0.2, 0) is 4.74 Å². The molecule has 2 aromatic heterocycles. The number of piperidine rings is 1. The summed E-state index contributed by atoms with van der Waals surface area (Å²) in [4.78, 5) is 19.3. The maximum absolute atomic E-state index is 7.49. The Kier molecular flexibility index (Phi) is 2.94. The van der Waals surface area contributed by atoms with E-state index >= 15 is 0 Å². The number of aromatic nitrogens is 4. The number of ether oxygens (including phenoxy) is 1. The van der Waals surface area contributed by atoms with Crippen molar-refractivity contribution in [2.24, 2.45) is 11.1 Å². The first-order chi connectivity index (χ1) is 11.1. The molecule has 0 amide bonds. The van der Waals surface area contributed by atoms with Gasteiger partial charge in [-0.3, -0.25) is 0 Å². The van der Waals surface area contributed by atoms with E-state index in [0.29, 0.717) is 17.1 Å². The molecule has 2 aromatic rings. The Morgan fingerprint density at radius 1 is 1.36 bits per heavy atom. The summed E-state index contributed by atoms with van der Waals surface area (Å²) in [6.45, 7) is 4.52. The minimum absolute atomic E-state index is 0.0900. The van der Waals surface area contributed by atoms with Gasteiger partial charge in [-0.15, -0.1) is 0 Å². The van der Waals surface area contributed by atoms with Gasteiger partial charge >= 0.3 is 0 Å². The third kappa shape index (κ3) is 2.12. The second kappa shape index (κ2) is 5.10. The standard InChI is InChI=1S/C15H20N6O/c1-10-12(16)15(9-22-10)2-6-21(7-3-15)14-19-8-11-13(20-14)18-5-4-17-11/h4-5,8,10,12H,2-3,6-7,9,16H2,1H3/t10-,12+/m0/s1/i4D. The maximum Gasteiger partial charge on any atom is 0.227 e. The molecule has 2 atom stereocenters. The van der Waals surface area contributed by atoms with Crippen molar-refractivity contribution in [2.45, 2.75) is 31.9 Å². The second-order valence-electron chi connectivity index (χ2n) is 6.27. The van der Waals surface area contributed by atoms with Crippen molar-refractivity contribution in [3.63, 3.8) is 0 Å². The van der Waals surface area contributed by atoms with E-state index in [1.54, 1.807) is 6.20 Å². The largest absolute Gasteiger partial charge is 0.376 e. The Labute approximate surface area is 130 Å². The lowest BCUT2D eigenvalue weighted by Gasteiger charge is -2.41. The molecule has 116 valence electrons. The van der Waals surface area contributed by atoms with Crippen LogP contribution in [0.4, 0.5) is 5.95 Å². The quantitative estimate of drug-likeness (QED) is 0.831. The molecule has 0 unspecified atom stereocenters. The Hall–Kier alpha value is -1.86. The van der Waals surface area contributed by atoms with Crippen LogP contribution in [0, 0.1) is 5.41 Å². The fraction of sp³-hybridized carbons (Fsp3) is 0.600. The van der Waals surface area contributed by atoms with Crippen molar-refractivity contribution >= 4 is 17.1 Å². The van der Waals surface area contributed by atoms with E-state index in [1.807, 2.05) is 0 Å². The van der Waals surface area contributed by atoms with Crippen molar-refractivity contribution in [3.05, 3.63) is 18.6 Å². The molecule has 1 spiro atoms. The Bertz CT molecular complexity index is 733. The summed E-state index contributed by atoms with van der Waals surface area (Å²) in [5.41, 5.74) is 7.52. The monoisotopic (exact) mass is 301 g/mol. The summed E-state index contributed by atoms with van der Waals surface area (Å²) in [6, 6.07) is 0.100. The third-order valence-corrected chi connectivity index (χ3v) is 5.06. The van der Waals surface area contributed by atoms with E-state index in [0.717, 1.165) is 32.5 Å². The zero-order valence-electron chi connectivity index (χ0n) is 13.6. The van der Waals surface area contributed by atoms with Crippen molar-refractivity contribution in [3.8, 4) is 0 Å². The van der Waals surface area contributed by atoms with Gasteiger partial charge in [0.1, 0.15) is 5.52 Å². The van der Waals surface area contributed by atoms with E-state index < -0.39 is 0 Å². The molecule has 2 fully saturated rings. The summed E-state index contributed by atoms with van der Waals surface area (Å²) in [7, 11) is 0. The van der Waals surface area contributed by atoms with Crippen molar-refractivity contribution < 1.29 is 6.11 Å². The van der Waals surface area contributed by atoms with Gasteiger partial charge in [-0.1, -0.05) is 0 Å². The first kappa shape index (κ1) is 12.7. The van der Waals surface area contributed by atoms with E-state index in [1.165, 1.54) is 6.20 Å². The van der Waals surface area contributed by atoms with Crippen LogP contribution in [0.3, 0.4) is 0 Å². The molecule has 0 aromatic carbocycles. The van der Waals surface area contributed by atoms with E-state index in [2.05, 4.69) is 31.8 Å². The molecule has 0 saturated carbocycles. The third-order valence-electron chi connectivity index (χ3n) is 5.06. The van der Waals surface area contributed by atoms with Crippen LogP contribution in [0.5, 0.6) is 0 Å². The van der Waals surface area contributed by atoms with Crippen molar-refractivity contribution in [2.75, 3.05) is 24.6 Å². The second-order valence-corrected chi connectivity index (χ2v) is 6.27. The summed E-state index contributed by atoms with van der Waals surface area (Å²) in [6.07, 6.45) is 5.26.